The van der Waals surface area contributed by atoms with E-state index in [1.165, 1.54) is 13.2 Å². The molecule has 2 aromatic carbocycles. The van der Waals surface area contributed by atoms with E-state index in [1.807, 2.05) is 0 Å². The van der Waals surface area contributed by atoms with Crippen LogP contribution in [0, 0.1) is 0 Å². The molecule has 8 nitrogen and oxygen atoms in total. The molecular formula is C22H23O8P. The molecule has 0 fully saturated rings. The molecule has 0 spiro atoms. The lowest BCUT2D eigenvalue weighted by Crippen LogP contribution is -2.02. The van der Waals surface area contributed by atoms with Crippen LogP contribution in [0.5, 0.6) is 17.2 Å². The number of ether oxygens (including phenoxy) is 2. The van der Waals surface area contributed by atoms with Crippen LogP contribution in [0.2, 0.25) is 0 Å². The summed E-state index contributed by atoms with van der Waals surface area (Å²) in [6.07, 6.45) is 3.24. The first-order valence-corrected chi connectivity index (χ1v) is 11.0. The van der Waals surface area contributed by atoms with E-state index in [0.717, 1.165) is 0 Å². The number of carbonyl (C=O) groups excluding carboxylic acids is 1. The number of benzene rings is 2. The molecule has 0 atom stereocenters. The Labute approximate surface area is 180 Å². The summed E-state index contributed by atoms with van der Waals surface area (Å²) in [6, 6.07) is 11.3. The summed E-state index contributed by atoms with van der Waals surface area (Å²) in [5, 5.41) is 9.94. The van der Waals surface area contributed by atoms with Gasteiger partial charge in [-0.15, -0.1) is 0 Å². The number of hydrogen-bond donors (Lipinski definition) is 1. The van der Waals surface area contributed by atoms with Gasteiger partial charge in [0, 0.05) is 5.56 Å². The maximum atomic E-state index is 12.5. The summed E-state index contributed by atoms with van der Waals surface area (Å²) in [4.78, 5) is 12.2. The third-order valence-corrected chi connectivity index (χ3v) is 5.77. The van der Waals surface area contributed by atoms with Crippen molar-refractivity contribution in [3.8, 4) is 17.2 Å². The Morgan fingerprint density at radius 3 is 2.32 bits per heavy atom. The number of phenols is 1. The van der Waals surface area contributed by atoms with Gasteiger partial charge in [0.05, 0.1) is 25.9 Å². The predicted octanol–water partition coefficient (Wildman–Crippen LogP) is 4.94. The van der Waals surface area contributed by atoms with Crippen LogP contribution in [0.1, 0.15) is 25.0 Å². The van der Waals surface area contributed by atoms with E-state index in [0.29, 0.717) is 34.0 Å². The highest BCUT2D eigenvalue weighted by molar-refractivity contribution is 7.48. The lowest BCUT2D eigenvalue weighted by molar-refractivity contribution is -0.130. The Balaban J connectivity index is 1.77. The molecule has 0 radical (unpaired) electrons. The second kappa shape index (κ2) is 9.83. The maximum absolute atomic E-state index is 12.5. The minimum atomic E-state index is -3.68. The Kier molecular flexibility index (Phi) is 7.17. The van der Waals surface area contributed by atoms with E-state index in [2.05, 4.69) is 0 Å². The van der Waals surface area contributed by atoms with Gasteiger partial charge in [-0.25, -0.2) is 9.36 Å². The first kappa shape index (κ1) is 22.6. The van der Waals surface area contributed by atoms with Crippen molar-refractivity contribution >= 4 is 25.6 Å². The Morgan fingerprint density at radius 1 is 1.06 bits per heavy atom. The van der Waals surface area contributed by atoms with Crippen LogP contribution in [-0.2, 0) is 23.1 Å². The summed E-state index contributed by atoms with van der Waals surface area (Å²) in [6.45, 7) is 3.76. The number of esters is 1. The number of aromatic hydroxyl groups is 1. The maximum Gasteiger partial charge on any atom is 0.530 e. The van der Waals surface area contributed by atoms with Gasteiger partial charge in [-0.05, 0) is 61.9 Å². The van der Waals surface area contributed by atoms with Gasteiger partial charge in [0.25, 0.3) is 0 Å². The van der Waals surface area contributed by atoms with Crippen molar-refractivity contribution in [1.82, 2.24) is 0 Å². The molecule has 9 heteroatoms. The van der Waals surface area contributed by atoms with Crippen molar-refractivity contribution in [1.29, 1.82) is 0 Å². The highest BCUT2D eigenvalue weighted by Gasteiger charge is 2.27. The van der Waals surface area contributed by atoms with Gasteiger partial charge in [0.2, 0.25) is 0 Å². The summed E-state index contributed by atoms with van der Waals surface area (Å²) in [7, 11) is -2.22. The lowest BCUT2D eigenvalue weighted by Gasteiger charge is -2.16. The van der Waals surface area contributed by atoms with Gasteiger partial charge in [0.1, 0.15) is 11.5 Å². The average Bonchev–Trinajstić information content (AvgIpc) is 3.10. The molecule has 2 aromatic rings. The minimum absolute atomic E-state index is 0.0543. The second-order valence-corrected chi connectivity index (χ2v) is 7.92. The third-order valence-electron chi connectivity index (χ3n) is 4.18. The molecule has 164 valence electrons. The van der Waals surface area contributed by atoms with Crippen LogP contribution >= 0.6 is 7.82 Å². The van der Waals surface area contributed by atoms with Gasteiger partial charge >= 0.3 is 13.8 Å². The summed E-state index contributed by atoms with van der Waals surface area (Å²) in [5.74, 6) is 0.393. The van der Waals surface area contributed by atoms with Crippen LogP contribution < -0.4 is 9.26 Å². The number of hydrogen-bond acceptors (Lipinski definition) is 8. The smallest absolute Gasteiger partial charge is 0.504 e. The molecule has 0 saturated carbocycles. The number of phenolic OH excluding ortho intramolecular Hbond substituents is 1. The van der Waals surface area contributed by atoms with Gasteiger partial charge < -0.3 is 19.1 Å². The van der Waals surface area contributed by atoms with Gasteiger partial charge in [-0.1, -0.05) is 12.1 Å². The molecule has 0 unspecified atom stereocenters. The zero-order valence-corrected chi connectivity index (χ0v) is 18.3. The predicted molar refractivity (Wildman–Crippen MR) is 115 cm³/mol. The fraction of sp³-hybridized carbons (Fsp3) is 0.227. The van der Waals surface area contributed by atoms with Gasteiger partial charge in [-0.2, -0.15) is 0 Å². The molecule has 0 bridgehead atoms. The fourth-order valence-electron chi connectivity index (χ4n) is 2.81. The Bertz CT molecular complexity index is 1050. The highest BCUT2D eigenvalue weighted by atomic mass is 31.2. The largest absolute Gasteiger partial charge is 0.530 e. The molecule has 1 aliphatic heterocycles. The molecule has 1 heterocycles. The van der Waals surface area contributed by atoms with E-state index in [4.69, 9.17) is 23.0 Å². The van der Waals surface area contributed by atoms with Crippen LogP contribution in [-0.4, -0.2) is 31.4 Å². The van der Waals surface area contributed by atoms with Crippen molar-refractivity contribution in [3.05, 3.63) is 65.2 Å². The Morgan fingerprint density at radius 2 is 1.74 bits per heavy atom. The number of methoxy groups -OCH3 is 1. The number of phosphoric acid groups is 1. The molecule has 0 saturated heterocycles. The quantitative estimate of drug-likeness (QED) is 0.328. The zero-order chi connectivity index (χ0) is 22.4. The van der Waals surface area contributed by atoms with E-state index < -0.39 is 13.8 Å². The van der Waals surface area contributed by atoms with E-state index in [9.17, 15) is 14.5 Å². The molecule has 3 rings (SSSR count). The van der Waals surface area contributed by atoms with E-state index in [1.54, 1.807) is 62.4 Å². The molecule has 0 amide bonds. The van der Waals surface area contributed by atoms with Crippen molar-refractivity contribution in [2.75, 3.05) is 20.3 Å². The average molecular weight is 446 g/mol. The monoisotopic (exact) mass is 446 g/mol. The number of phosphoric ester groups is 1. The van der Waals surface area contributed by atoms with Crippen LogP contribution in [0.15, 0.2) is 54.1 Å². The van der Waals surface area contributed by atoms with Crippen LogP contribution in [0.25, 0.3) is 11.8 Å². The number of rotatable bonds is 9. The topological polar surface area (TPSA) is 101 Å². The first-order valence-electron chi connectivity index (χ1n) is 9.59. The number of carbonyl (C=O) groups is 1. The lowest BCUT2D eigenvalue weighted by atomic mass is 10.1. The molecule has 1 aliphatic rings. The summed E-state index contributed by atoms with van der Waals surface area (Å²) in [5.41, 5.74) is 1.59. The molecule has 0 aliphatic carbocycles. The molecule has 31 heavy (non-hydrogen) atoms. The first-order chi connectivity index (χ1) is 14.9. The van der Waals surface area contributed by atoms with Gasteiger partial charge in [-0.3, -0.25) is 9.05 Å². The zero-order valence-electron chi connectivity index (χ0n) is 17.4. The van der Waals surface area contributed by atoms with E-state index >= 15 is 0 Å². The van der Waals surface area contributed by atoms with Crippen LogP contribution in [0.3, 0.4) is 0 Å². The van der Waals surface area contributed by atoms with Gasteiger partial charge in [0.15, 0.2) is 11.5 Å². The van der Waals surface area contributed by atoms with Crippen LogP contribution in [0.4, 0.5) is 0 Å². The van der Waals surface area contributed by atoms with E-state index in [-0.39, 0.29) is 19.0 Å². The highest BCUT2D eigenvalue weighted by Crippen LogP contribution is 2.49. The van der Waals surface area contributed by atoms with Crippen molar-refractivity contribution in [2.24, 2.45) is 0 Å². The molecular weight excluding hydrogens is 423 g/mol. The number of cyclic esters (lactones) is 1. The normalized spacial score (nSPS) is 15.0. The molecule has 0 aromatic heterocycles. The minimum Gasteiger partial charge on any atom is -0.504 e. The third kappa shape index (κ3) is 5.55. The SMILES string of the molecule is CCOP(=O)(OCC)Oc1ccc(/C=C2\C=C(c3ccc(OC)c(O)c3)OC2=O)cc1. The van der Waals surface area contributed by atoms with Crippen molar-refractivity contribution in [2.45, 2.75) is 13.8 Å². The second-order valence-electron chi connectivity index (χ2n) is 6.33. The molecule has 1 N–H and O–H groups in total. The fourth-order valence-corrected chi connectivity index (χ4v) is 4.01. The Hall–Kier alpha value is -3.06. The standard InChI is InChI=1S/C22H23O8P/c1-4-27-31(25,28-5-2)30-18-9-6-15(7-10-18)12-17-14-21(29-22(17)24)16-8-11-20(26-3)19(23)13-16/h6-14,23H,4-5H2,1-3H3/b17-12+. The summed E-state index contributed by atoms with van der Waals surface area (Å²) >= 11 is 0. The van der Waals surface area contributed by atoms with Crippen molar-refractivity contribution < 1.29 is 37.5 Å². The van der Waals surface area contributed by atoms with Crippen molar-refractivity contribution in [3.63, 3.8) is 0 Å². The summed E-state index contributed by atoms with van der Waals surface area (Å²) < 4.78 is 38.4.